The van der Waals surface area contributed by atoms with Crippen molar-refractivity contribution in [1.82, 2.24) is 0 Å². The molecule has 55 heavy (non-hydrogen) atoms. The molecule has 4 rings (SSSR count). The van der Waals surface area contributed by atoms with E-state index < -0.39 is 11.9 Å². The molecule has 292 valence electrons. The average molecular weight is 753 g/mol. The molecule has 0 heterocycles. The Hall–Kier alpha value is -5.90. The molecule has 0 unspecified atom stereocenters. The molecule has 0 amide bonds. The summed E-state index contributed by atoms with van der Waals surface area (Å²) in [7, 11) is 2.61. The van der Waals surface area contributed by atoms with Crippen LogP contribution in [0.4, 0.5) is 0 Å². The van der Waals surface area contributed by atoms with Crippen molar-refractivity contribution < 1.29 is 47.7 Å². The number of ether oxygens (including phenoxy) is 4. The summed E-state index contributed by atoms with van der Waals surface area (Å²) >= 11 is 0. The van der Waals surface area contributed by atoms with Gasteiger partial charge in [0.05, 0.1) is 45.0 Å². The number of benzene rings is 4. The molecule has 4 aromatic carbocycles. The summed E-state index contributed by atoms with van der Waals surface area (Å²) in [5, 5.41) is 0. The Morgan fingerprint density at radius 3 is 1.02 bits per heavy atom. The van der Waals surface area contributed by atoms with E-state index in [0.29, 0.717) is 40.2 Å². The smallest absolute Gasteiger partial charge is 0.337 e. The molecule has 0 aliphatic carbocycles. The van der Waals surface area contributed by atoms with Gasteiger partial charge in [-0.25, -0.2) is 9.59 Å². The Morgan fingerprint density at radius 2 is 0.709 bits per heavy atom. The van der Waals surface area contributed by atoms with Gasteiger partial charge in [-0.1, -0.05) is 63.8 Å². The van der Waals surface area contributed by atoms with Crippen LogP contribution < -0.4 is 9.47 Å². The standard InChI is InChI=1S/C22H24O5.C13H18O2.C10H10O3/c1-3-4-5-14-27-19-12-10-17(11-13-19)21(24)15-20(23)16-6-8-18(9-7-16)22(25)26-2;1-3-4-5-10-15-13-8-6-12(7-9-13)11(2)14;1-7(11)8-3-5-9(6-4-8)10(12)13-2/h6-13H,3-5,14-15H2,1-2H3;6-9H,3-5,10H2,1-2H3;3-6H,1-2H3. The fraction of sp³-hybridized carbons (Fsp3) is 0.333. The van der Waals surface area contributed by atoms with Crippen LogP contribution in [-0.4, -0.2) is 62.5 Å². The lowest BCUT2D eigenvalue weighted by Gasteiger charge is -2.07. The molecule has 0 radical (unpaired) electrons. The minimum absolute atomic E-state index is 0.0172. The van der Waals surface area contributed by atoms with Crippen molar-refractivity contribution in [2.75, 3.05) is 27.4 Å². The normalized spacial score (nSPS) is 10.0. The molecule has 10 heteroatoms. The van der Waals surface area contributed by atoms with Gasteiger partial charge in [0.1, 0.15) is 11.5 Å². The van der Waals surface area contributed by atoms with Crippen molar-refractivity contribution in [1.29, 1.82) is 0 Å². The zero-order chi connectivity index (χ0) is 40.6. The zero-order valence-corrected chi connectivity index (χ0v) is 32.7. The third kappa shape index (κ3) is 16.8. The first-order valence-electron chi connectivity index (χ1n) is 18.3. The Bertz CT molecular complexity index is 1810. The molecule has 0 N–H and O–H groups in total. The molecule has 0 aliphatic heterocycles. The first-order chi connectivity index (χ1) is 26.4. The minimum atomic E-state index is -0.470. The molecule has 0 bridgehead atoms. The highest BCUT2D eigenvalue weighted by Crippen LogP contribution is 2.17. The van der Waals surface area contributed by atoms with Crippen LogP contribution in [0.1, 0.15) is 135 Å². The van der Waals surface area contributed by atoms with Gasteiger partial charge in [0.25, 0.3) is 0 Å². The van der Waals surface area contributed by atoms with Crippen molar-refractivity contribution in [2.45, 2.75) is 72.6 Å². The molecule has 4 aromatic rings. The summed E-state index contributed by atoms with van der Waals surface area (Å²) in [5.41, 5.74) is 2.98. The van der Waals surface area contributed by atoms with E-state index in [4.69, 9.17) is 9.47 Å². The Morgan fingerprint density at radius 1 is 0.418 bits per heavy atom. The topological polar surface area (TPSA) is 139 Å². The molecular formula is C45H52O10. The molecule has 10 nitrogen and oxygen atoms in total. The number of rotatable bonds is 18. The highest BCUT2D eigenvalue weighted by Gasteiger charge is 2.15. The summed E-state index contributed by atoms with van der Waals surface area (Å²) < 4.78 is 20.3. The van der Waals surface area contributed by atoms with Crippen LogP contribution in [0, 0.1) is 0 Å². The number of carbonyl (C=O) groups is 6. The van der Waals surface area contributed by atoms with E-state index in [9.17, 15) is 28.8 Å². The maximum Gasteiger partial charge on any atom is 0.337 e. The van der Waals surface area contributed by atoms with Gasteiger partial charge in [0.2, 0.25) is 0 Å². The number of methoxy groups -OCH3 is 2. The summed E-state index contributed by atoms with van der Waals surface area (Å²) in [5.74, 6) is 0.218. The number of hydrogen-bond acceptors (Lipinski definition) is 10. The monoisotopic (exact) mass is 752 g/mol. The minimum Gasteiger partial charge on any atom is -0.494 e. The van der Waals surface area contributed by atoms with Crippen LogP contribution in [0.3, 0.4) is 0 Å². The van der Waals surface area contributed by atoms with Crippen molar-refractivity contribution in [3.05, 3.63) is 130 Å². The van der Waals surface area contributed by atoms with Gasteiger partial charge in [-0.15, -0.1) is 0 Å². The number of esters is 2. The van der Waals surface area contributed by atoms with Crippen LogP contribution in [0.5, 0.6) is 11.5 Å². The van der Waals surface area contributed by atoms with Crippen molar-refractivity contribution in [2.24, 2.45) is 0 Å². The molecule has 0 spiro atoms. The summed E-state index contributed by atoms with van der Waals surface area (Å²) in [6.45, 7) is 8.76. The van der Waals surface area contributed by atoms with Crippen LogP contribution in [0.2, 0.25) is 0 Å². The first-order valence-corrected chi connectivity index (χ1v) is 18.3. The van der Waals surface area contributed by atoms with Crippen LogP contribution >= 0.6 is 0 Å². The molecule has 0 saturated carbocycles. The molecule has 0 atom stereocenters. The zero-order valence-electron chi connectivity index (χ0n) is 32.7. The second-order valence-electron chi connectivity index (χ2n) is 12.4. The molecule has 0 fully saturated rings. The summed E-state index contributed by atoms with van der Waals surface area (Å²) in [6.07, 6.45) is 6.52. The van der Waals surface area contributed by atoms with Crippen LogP contribution in [0.15, 0.2) is 97.1 Å². The molecule has 0 aromatic heterocycles. The predicted molar refractivity (Wildman–Crippen MR) is 212 cm³/mol. The number of ketones is 4. The van der Waals surface area contributed by atoms with Gasteiger partial charge in [-0.3, -0.25) is 19.2 Å². The van der Waals surface area contributed by atoms with Crippen LogP contribution in [-0.2, 0) is 9.47 Å². The van der Waals surface area contributed by atoms with Gasteiger partial charge >= 0.3 is 11.9 Å². The van der Waals surface area contributed by atoms with E-state index in [0.717, 1.165) is 43.6 Å². The highest BCUT2D eigenvalue weighted by atomic mass is 16.5. The van der Waals surface area contributed by atoms with E-state index in [1.54, 1.807) is 67.6 Å². The Labute approximate surface area is 324 Å². The Balaban J connectivity index is 0.000000314. The number of Topliss-reactive ketones (excluding diaryl/α,β-unsaturated/α-hetero) is 4. The van der Waals surface area contributed by atoms with Gasteiger partial charge in [-0.05, 0) is 99.5 Å². The lowest BCUT2D eigenvalue weighted by atomic mass is 10.0. The number of unbranched alkanes of at least 4 members (excludes halogenated alkanes) is 4. The van der Waals surface area contributed by atoms with Crippen molar-refractivity contribution >= 4 is 35.1 Å². The largest absolute Gasteiger partial charge is 0.494 e. The lowest BCUT2D eigenvalue weighted by molar-refractivity contribution is 0.0592. The van der Waals surface area contributed by atoms with E-state index in [-0.39, 0.29) is 29.6 Å². The average Bonchev–Trinajstić information content (AvgIpc) is 3.21. The van der Waals surface area contributed by atoms with E-state index in [2.05, 4.69) is 23.3 Å². The fourth-order valence-electron chi connectivity index (χ4n) is 4.83. The number of carbonyl (C=O) groups excluding carboxylic acids is 6. The van der Waals surface area contributed by atoms with Gasteiger partial charge < -0.3 is 18.9 Å². The molecule has 0 saturated heterocycles. The van der Waals surface area contributed by atoms with Crippen LogP contribution in [0.25, 0.3) is 0 Å². The molecule has 0 aliphatic rings. The quantitative estimate of drug-likeness (QED) is 0.0418. The van der Waals surface area contributed by atoms with E-state index >= 15 is 0 Å². The summed E-state index contributed by atoms with van der Waals surface area (Å²) in [6, 6.07) is 26.6. The maximum atomic E-state index is 12.3. The lowest BCUT2D eigenvalue weighted by Crippen LogP contribution is -2.09. The number of hydrogen-bond donors (Lipinski definition) is 0. The third-order valence-corrected chi connectivity index (χ3v) is 8.13. The SMILES string of the molecule is CCCCCOc1ccc(C(=O)CC(=O)c2ccc(C(=O)OC)cc2)cc1.CCCCCOc1ccc(C(C)=O)cc1.COC(=O)c1ccc(C(C)=O)cc1. The Kier molecular flexibility index (Phi) is 20.7. The van der Waals surface area contributed by atoms with Gasteiger partial charge in [0, 0.05) is 22.3 Å². The van der Waals surface area contributed by atoms with Crippen molar-refractivity contribution in [3.8, 4) is 11.5 Å². The third-order valence-electron chi connectivity index (χ3n) is 8.13. The van der Waals surface area contributed by atoms with Gasteiger partial charge in [-0.2, -0.15) is 0 Å². The second-order valence-corrected chi connectivity index (χ2v) is 12.4. The summed E-state index contributed by atoms with van der Waals surface area (Å²) in [4.78, 5) is 68.9. The van der Waals surface area contributed by atoms with Gasteiger partial charge in [0.15, 0.2) is 23.1 Å². The highest BCUT2D eigenvalue weighted by molar-refractivity contribution is 6.13. The molecular weight excluding hydrogens is 700 g/mol. The predicted octanol–water partition coefficient (Wildman–Crippen LogP) is 9.63. The fourth-order valence-corrected chi connectivity index (χ4v) is 4.83. The van der Waals surface area contributed by atoms with Crippen molar-refractivity contribution in [3.63, 3.8) is 0 Å². The van der Waals surface area contributed by atoms with E-state index in [1.165, 1.54) is 58.3 Å². The maximum absolute atomic E-state index is 12.3. The first kappa shape index (κ1) is 45.3. The van der Waals surface area contributed by atoms with E-state index in [1.807, 2.05) is 12.1 Å². The second kappa shape index (κ2) is 25.2.